The zero-order valence-corrected chi connectivity index (χ0v) is 25.3. The number of rotatable bonds is 9. The summed E-state index contributed by atoms with van der Waals surface area (Å²) in [6.45, 7) is 7.46. The second-order valence-corrected chi connectivity index (χ2v) is 14.0. The number of nitrogens with one attached hydrogen (secondary N) is 1. The molecule has 5 N–H and O–H groups in total. The maximum Gasteiger partial charge on any atom is 0.257 e. The number of aryl methyl sites for hydroxylation is 1. The number of hydrogen-bond acceptors (Lipinski definition) is 7. The number of imidazole rings is 1. The number of fused-ring (bicyclic) bond motifs is 2. The van der Waals surface area contributed by atoms with E-state index in [1.165, 1.54) is 11.9 Å². The molecule has 232 valence electrons. The molecule has 6 rings (SSSR count). The number of alkyl halides is 2. The summed E-state index contributed by atoms with van der Waals surface area (Å²) in [7, 11) is 0. The van der Waals surface area contributed by atoms with Crippen molar-refractivity contribution in [1.82, 2.24) is 29.4 Å². The summed E-state index contributed by atoms with van der Waals surface area (Å²) in [6.07, 6.45) is 4.95. The van der Waals surface area contributed by atoms with Gasteiger partial charge in [-0.1, -0.05) is 26.8 Å². The highest BCUT2D eigenvalue weighted by Gasteiger charge is 2.46. The van der Waals surface area contributed by atoms with Crippen molar-refractivity contribution in [2.45, 2.75) is 95.4 Å². The minimum atomic E-state index is -2.86. The van der Waals surface area contributed by atoms with Crippen molar-refractivity contribution in [1.29, 1.82) is 0 Å². The largest absolute Gasteiger partial charge is 0.390 e. The van der Waals surface area contributed by atoms with Crippen LogP contribution < -0.4 is 5.73 Å². The summed E-state index contributed by atoms with van der Waals surface area (Å²) in [5.41, 5.74) is 9.90. The number of aromatic nitrogens is 5. The molecule has 2 fully saturated rings. The Bertz CT molecular complexity index is 1580. The molecule has 0 bridgehead atoms. The molecule has 3 aromatic heterocycles. The second kappa shape index (κ2) is 11.1. The molecule has 3 heterocycles. The van der Waals surface area contributed by atoms with E-state index in [0.29, 0.717) is 35.7 Å². The summed E-state index contributed by atoms with van der Waals surface area (Å²) in [5, 5.41) is 22.7. The maximum absolute atomic E-state index is 14.3. The van der Waals surface area contributed by atoms with Gasteiger partial charge >= 0.3 is 0 Å². The van der Waals surface area contributed by atoms with Crippen LogP contribution in [0.15, 0.2) is 36.8 Å². The van der Waals surface area contributed by atoms with Crippen LogP contribution in [0.4, 0.5) is 14.6 Å². The Morgan fingerprint density at radius 1 is 1.07 bits per heavy atom. The van der Waals surface area contributed by atoms with Gasteiger partial charge in [-0.3, -0.25) is 4.90 Å². The minimum Gasteiger partial charge on any atom is -0.390 e. The van der Waals surface area contributed by atoms with Gasteiger partial charge in [0.25, 0.3) is 5.92 Å². The van der Waals surface area contributed by atoms with Crippen molar-refractivity contribution in [3.05, 3.63) is 48.2 Å². The molecule has 2 aliphatic carbocycles. The number of aliphatic hydroxyl groups is 2. The molecule has 1 aromatic carbocycles. The summed E-state index contributed by atoms with van der Waals surface area (Å²) >= 11 is 0. The summed E-state index contributed by atoms with van der Waals surface area (Å²) < 4.78 is 30.5. The van der Waals surface area contributed by atoms with Gasteiger partial charge < -0.3 is 25.5 Å². The lowest BCUT2D eigenvalue weighted by Crippen LogP contribution is -2.51. The molecule has 2 aliphatic rings. The Balaban J connectivity index is 1.08. The topological polar surface area (TPSA) is 129 Å². The fraction of sp³-hybridized carbons (Fsp3) is 0.594. The Hall–Kier alpha value is -3.15. The third-order valence-electron chi connectivity index (χ3n) is 9.53. The SMILES string of the molecule is CC(F)(F)CN(C[C@H]1C[C@@H](n2ccc3c(N)ncnc32)[C@H](O)[C@@H]1O)C1CC(CCc2nc3ccc(C(C)(C)C)cc3[nH]2)C1. The summed E-state index contributed by atoms with van der Waals surface area (Å²) in [5.74, 6) is -1.48. The van der Waals surface area contributed by atoms with Crippen LogP contribution in [0.3, 0.4) is 0 Å². The van der Waals surface area contributed by atoms with E-state index in [2.05, 4.69) is 53.9 Å². The number of hydrogen-bond donors (Lipinski definition) is 4. The summed E-state index contributed by atoms with van der Waals surface area (Å²) in [6, 6.07) is 7.75. The quantitative estimate of drug-likeness (QED) is 0.218. The number of aliphatic hydroxyl groups excluding tert-OH is 2. The number of halogens is 2. The molecule has 0 spiro atoms. The van der Waals surface area contributed by atoms with Gasteiger partial charge in [0.1, 0.15) is 29.7 Å². The van der Waals surface area contributed by atoms with Crippen LogP contribution in [0.1, 0.15) is 70.8 Å². The van der Waals surface area contributed by atoms with E-state index < -0.39 is 24.2 Å². The second-order valence-electron chi connectivity index (χ2n) is 14.0. The number of nitrogens with zero attached hydrogens (tertiary/aromatic N) is 5. The molecule has 0 saturated heterocycles. The third kappa shape index (κ3) is 6.12. The first kappa shape index (κ1) is 29.9. The lowest BCUT2D eigenvalue weighted by atomic mass is 9.76. The van der Waals surface area contributed by atoms with Gasteiger partial charge in [0.15, 0.2) is 0 Å². The van der Waals surface area contributed by atoms with Crippen molar-refractivity contribution < 1.29 is 19.0 Å². The molecule has 4 atom stereocenters. The van der Waals surface area contributed by atoms with Crippen molar-refractivity contribution in [3.63, 3.8) is 0 Å². The lowest BCUT2D eigenvalue weighted by Gasteiger charge is -2.45. The van der Waals surface area contributed by atoms with Crippen LogP contribution in [0, 0.1) is 11.8 Å². The van der Waals surface area contributed by atoms with Crippen LogP contribution in [0.5, 0.6) is 0 Å². The molecule has 9 nitrogen and oxygen atoms in total. The van der Waals surface area contributed by atoms with Gasteiger partial charge in [-0.2, -0.15) is 0 Å². The maximum atomic E-state index is 14.3. The van der Waals surface area contributed by atoms with Gasteiger partial charge in [0, 0.05) is 38.0 Å². The molecule has 11 heteroatoms. The van der Waals surface area contributed by atoms with Crippen molar-refractivity contribution >= 4 is 27.9 Å². The number of anilines is 1. The van der Waals surface area contributed by atoms with Gasteiger partial charge in [-0.25, -0.2) is 23.7 Å². The fourth-order valence-electron chi connectivity index (χ4n) is 7.04. The van der Waals surface area contributed by atoms with Crippen molar-refractivity contribution in [3.8, 4) is 0 Å². The molecular weight excluding hydrogens is 552 g/mol. The first-order chi connectivity index (χ1) is 20.3. The zero-order valence-electron chi connectivity index (χ0n) is 25.3. The number of benzene rings is 1. The Labute approximate surface area is 250 Å². The normalized spacial score (nSPS) is 26.5. The highest BCUT2D eigenvalue weighted by atomic mass is 19.3. The Morgan fingerprint density at radius 3 is 2.56 bits per heavy atom. The van der Waals surface area contributed by atoms with E-state index in [1.807, 2.05) is 9.47 Å². The average Bonchev–Trinajstić information content (AvgIpc) is 3.58. The van der Waals surface area contributed by atoms with Crippen LogP contribution in [-0.2, 0) is 11.8 Å². The van der Waals surface area contributed by atoms with Crippen molar-refractivity contribution in [2.24, 2.45) is 11.8 Å². The molecular formula is C32H43F2N7O2. The fourth-order valence-corrected chi connectivity index (χ4v) is 7.04. The van der Waals surface area contributed by atoms with Gasteiger partial charge in [0.2, 0.25) is 0 Å². The molecule has 0 radical (unpaired) electrons. The van der Waals surface area contributed by atoms with Crippen LogP contribution in [-0.4, -0.2) is 76.9 Å². The van der Waals surface area contributed by atoms with Crippen LogP contribution in [0.25, 0.3) is 22.1 Å². The lowest BCUT2D eigenvalue weighted by molar-refractivity contribution is -0.0610. The smallest absolute Gasteiger partial charge is 0.257 e. The highest BCUT2D eigenvalue weighted by Crippen LogP contribution is 2.41. The predicted octanol–water partition coefficient (Wildman–Crippen LogP) is 4.84. The number of H-pyrrole nitrogens is 1. The van der Waals surface area contributed by atoms with Crippen molar-refractivity contribution in [2.75, 3.05) is 18.8 Å². The first-order valence-corrected chi connectivity index (χ1v) is 15.3. The van der Waals surface area contributed by atoms with Gasteiger partial charge in [0.05, 0.1) is 35.1 Å². The molecule has 2 saturated carbocycles. The summed E-state index contributed by atoms with van der Waals surface area (Å²) in [4.78, 5) is 18.4. The molecule has 0 amide bonds. The molecule has 4 aromatic rings. The third-order valence-corrected chi connectivity index (χ3v) is 9.53. The monoisotopic (exact) mass is 595 g/mol. The number of aromatic amines is 1. The van der Waals surface area contributed by atoms with Crippen LogP contribution in [0.2, 0.25) is 0 Å². The molecule has 43 heavy (non-hydrogen) atoms. The van der Waals surface area contributed by atoms with E-state index in [-0.39, 0.29) is 23.9 Å². The minimum absolute atomic E-state index is 0.0178. The molecule has 0 aliphatic heterocycles. The van der Waals surface area contributed by atoms with E-state index >= 15 is 0 Å². The van der Waals surface area contributed by atoms with Crippen LogP contribution >= 0.6 is 0 Å². The van der Waals surface area contributed by atoms with Gasteiger partial charge in [-0.05, 0) is 60.8 Å². The van der Waals surface area contributed by atoms with E-state index in [1.54, 1.807) is 12.3 Å². The first-order valence-electron chi connectivity index (χ1n) is 15.3. The van der Waals surface area contributed by atoms with Gasteiger partial charge in [-0.15, -0.1) is 0 Å². The Kier molecular flexibility index (Phi) is 7.71. The van der Waals surface area contributed by atoms with E-state index in [4.69, 9.17) is 10.7 Å². The standard InChI is InChI=1S/C32H43F2N7O2/c1-31(2,3)20-6-7-23-24(14-20)39-26(38-23)8-5-18-11-21(12-18)40(16-32(4,33)34)15-19-13-25(28(43)27(19)42)41-10-9-22-29(35)36-17-37-30(22)41/h6-7,9-10,14,17-19,21,25,27-28,42-43H,5,8,11-13,15-16H2,1-4H3,(H,38,39)(H2,35,36,37)/t18?,19-,21?,25-,27-,28+/m1/s1. The number of nitrogen functional groups attached to an aromatic ring is 1. The zero-order chi connectivity index (χ0) is 30.7. The number of nitrogens with two attached hydrogens (primary N) is 1. The highest BCUT2D eigenvalue weighted by molar-refractivity contribution is 5.86. The van der Waals surface area contributed by atoms with E-state index in [0.717, 1.165) is 49.5 Å². The molecule has 0 unspecified atom stereocenters. The van der Waals surface area contributed by atoms with E-state index in [9.17, 15) is 19.0 Å². The predicted molar refractivity (Wildman–Crippen MR) is 163 cm³/mol. The Morgan fingerprint density at radius 2 is 1.84 bits per heavy atom. The average molecular weight is 596 g/mol.